The average Bonchev–Trinajstić information content (AvgIpc) is 3.09. The molecule has 1 aliphatic carbocycles. The van der Waals surface area contributed by atoms with Crippen LogP contribution in [0.3, 0.4) is 0 Å². The van der Waals surface area contributed by atoms with Crippen LogP contribution in [0.1, 0.15) is 34.2 Å². The predicted octanol–water partition coefficient (Wildman–Crippen LogP) is 11.1. The van der Waals surface area contributed by atoms with Gasteiger partial charge in [-0.3, -0.25) is 0 Å². The third-order valence-electron chi connectivity index (χ3n) is 7.76. The Morgan fingerprint density at radius 3 is 1.15 bits per heavy atom. The summed E-state index contributed by atoms with van der Waals surface area (Å²) in [7, 11) is -0.806. The maximum atomic E-state index is 13.3. The Labute approximate surface area is 270 Å². The first-order valence-corrected chi connectivity index (χ1v) is 16.5. The normalized spacial score (nSPS) is 15.0. The molecule has 0 aromatic heterocycles. The molecule has 0 fully saturated rings. The third kappa shape index (κ3) is 8.38. The summed E-state index contributed by atoms with van der Waals surface area (Å²) >= 11 is 0. The fourth-order valence-corrected chi connectivity index (χ4v) is 7.50. The van der Waals surface area contributed by atoms with Gasteiger partial charge in [-0.2, -0.15) is 0 Å². The molecule has 0 spiro atoms. The Bertz CT molecular complexity index is 1800. The lowest BCUT2D eigenvalue weighted by molar-refractivity contribution is 0.627. The van der Waals surface area contributed by atoms with Crippen molar-refractivity contribution in [1.29, 1.82) is 0 Å². The molecule has 4 heteroatoms. The third-order valence-corrected chi connectivity index (χ3v) is 10.2. The SMILES string of the molecule is Fc1ccc(/C=C/c2ccc(P(C3=CCC(/C=C/c4ccc(F)cc4)C=C3)c3ccc(/C=C/c4ccc(F)cc4)cc3)cc2)cc1. The van der Waals surface area contributed by atoms with Crippen LogP contribution in [0.25, 0.3) is 30.4 Å². The molecule has 0 nitrogen and oxygen atoms in total. The summed E-state index contributed by atoms with van der Waals surface area (Å²) in [6, 6.07) is 36.8. The van der Waals surface area contributed by atoms with Gasteiger partial charge < -0.3 is 0 Å². The maximum absolute atomic E-state index is 13.3. The minimum absolute atomic E-state index is 0.232. The number of allylic oxidation sites excluding steroid dienone is 5. The molecule has 1 atom stereocenters. The van der Waals surface area contributed by atoms with E-state index in [9.17, 15) is 13.2 Å². The molecule has 0 N–H and O–H groups in total. The summed E-state index contributed by atoms with van der Waals surface area (Å²) in [4.78, 5) is 0. The minimum Gasteiger partial charge on any atom is -0.207 e. The molecule has 226 valence electrons. The van der Waals surface area contributed by atoms with Crippen LogP contribution in [0.5, 0.6) is 0 Å². The van der Waals surface area contributed by atoms with E-state index >= 15 is 0 Å². The first kappa shape index (κ1) is 31.0. The lowest BCUT2D eigenvalue weighted by atomic mass is 9.99. The quantitative estimate of drug-likeness (QED) is 0.113. The van der Waals surface area contributed by atoms with Gasteiger partial charge in [0.15, 0.2) is 0 Å². The summed E-state index contributed by atoms with van der Waals surface area (Å²) < 4.78 is 39.9. The fraction of sp³-hybridized carbons (Fsp3) is 0.0476. The van der Waals surface area contributed by atoms with Gasteiger partial charge in [0.1, 0.15) is 17.5 Å². The zero-order chi connectivity index (χ0) is 31.7. The second-order valence-electron chi connectivity index (χ2n) is 11.1. The number of halogens is 3. The minimum atomic E-state index is -0.806. The van der Waals surface area contributed by atoms with E-state index in [4.69, 9.17) is 0 Å². The van der Waals surface area contributed by atoms with E-state index in [1.807, 2.05) is 30.4 Å². The molecule has 0 saturated carbocycles. The maximum Gasteiger partial charge on any atom is 0.123 e. The van der Waals surface area contributed by atoms with Crippen LogP contribution in [-0.4, -0.2) is 0 Å². The van der Waals surface area contributed by atoms with Crippen LogP contribution < -0.4 is 10.6 Å². The molecule has 0 aliphatic heterocycles. The van der Waals surface area contributed by atoms with Crippen molar-refractivity contribution >= 4 is 48.9 Å². The molecular formula is C42H32F3P. The number of hydrogen-bond donors (Lipinski definition) is 0. The Kier molecular flexibility index (Phi) is 10.0. The highest BCUT2D eigenvalue weighted by molar-refractivity contribution is 7.77. The van der Waals surface area contributed by atoms with E-state index in [-0.39, 0.29) is 23.4 Å². The highest BCUT2D eigenvalue weighted by atomic mass is 31.1. The van der Waals surface area contributed by atoms with Gasteiger partial charge in [-0.25, -0.2) is 13.2 Å². The zero-order valence-corrected chi connectivity index (χ0v) is 26.0. The highest BCUT2D eigenvalue weighted by Crippen LogP contribution is 2.46. The molecule has 5 aromatic rings. The van der Waals surface area contributed by atoms with Gasteiger partial charge in [0, 0.05) is 0 Å². The van der Waals surface area contributed by atoms with Gasteiger partial charge in [-0.15, -0.1) is 0 Å². The van der Waals surface area contributed by atoms with E-state index < -0.39 is 7.92 Å². The molecule has 0 saturated heterocycles. The summed E-state index contributed by atoms with van der Waals surface area (Å²) in [5, 5.41) is 3.80. The monoisotopic (exact) mass is 624 g/mol. The lowest BCUT2D eigenvalue weighted by Gasteiger charge is -2.24. The Morgan fingerprint density at radius 2 is 0.804 bits per heavy atom. The Balaban J connectivity index is 1.23. The second kappa shape index (κ2) is 14.9. The summed E-state index contributed by atoms with van der Waals surface area (Å²) in [6.07, 6.45) is 20.0. The van der Waals surface area contributed by atoms with E-state index in [1.165, 1.54) is 52.3 Å². The second-order valence-corrected chi connectivity index (χ2v) is 13.3. The number of hydrogen-bond acceptors (Lipinski definition) is 0. The van der Waals surface area contributed by atoms with Crippen molar-refractivity contribution in [3.8, 4) is 0 Å². The zero-order valence-electron chi connectivity index (χ0n) is 25.1. The largest absolute Gasteiger partial charge is 0.207 e. The highest BCUT2D eigenvalue weighted by Gasteiger charge is 2.20. The number of benzene rings is 5. The lowest BCUT2D eigenvalue weighted by Crippen LogP contribution is -2.14. The molecule has 0 amide bonds. The molecule has 1 aliphatic rings. The first-order chi connectivity index (χ1) is 22.5. The van der Waals surface area contributed by atoms with Gasteiger partial charge in [0.05, 0.1) is 0 Å². The van der Waals surface area contributed by atoms with Gasteiger partial charge in [0.2, 0.25) is 0 Å². The van der Waals surface area contributed by atoms with Crippen molar-refractivity contribution in [3.05, 3.63) is 196 Å². The smallest absolute Gasteiger partial charge is 0.123 e. The average molecular weight is 625 g/mol. The van der Waals surface area contributed by atoms with E-state index in [0.717, 1.165) is 34.2 Å². The molecular weight excluding hydrogens is 592 g/mol. The van der Waals surface area contributed by atoms with Crippen molar-refractivity contribution in [1.82, 2.24) is 0 Å². The van der Waals surface area contributed by atoms with Crippen LogP contribution in [0, 0.1) is 23.4 Å². The van der Waals surface area contributed by atoms with Gasteiger partial charge >= 0.3 is 0 Å². The molecule has 5 aromatic carbocycles. The van der Waals surface area contributed by atoms with E-state index in [2.05, 4.69) is 72.8 Å². The van der Waals surface area contributed by atoms with Crippen molar-refractivity contribution < 1.29 is 13.2 Å². The van der Waals surface area contributed by atoms with Crippen molar-refractivity contribution in [2.45, 2.75) is 6.42 Å². The Hall–Kier alpha value is -4.98. The summed E-state index contributed by atoms with van der Waals surface area (Å²) in [6.45, 7) is 0. The van der Waals surface area contributed by atoms with Crippen LogP contribution in [0.4, 0.5) is 13.2 Å². The van der Waals surface area contributed by atoms with Crippen LogP contribution >= 0.6 is 7.92 Å². The van der Waals surface area contributed by atoms with Gasteiger partial charge in [-0.05, 0) is 100 Å². The standard InChI is InChI=1S/C42H32F3P/c43-37-19-7-31(8-20-37)1-4-34-13-25-40(26-14-34)46(41-27-15-35(16-28-41)5-2-32-9-21-38(44)22-10-32)42-29-17-36(18-30-42)6-3-33-11-23-39(45)24-12-33/h1-17,19-30,36H,18H2/b4-1+,5-2+,6-3+. The molecule has 0 bridgehead atoms. The van der Waals surface area contributed by atoms with Gasteiger partial charge in [0.25, 0.3) is 0 Å². The summed E-state index contributed by atoms with van der Waals surface area (Å²) in [5.74, 6) is -0.450. The van der Waals surface area contributed by atoms with Crippen LogP contribution in [0.15, 0.2) is 151 Å². The predicted molar refractivity (Wildman–Crippen MR) is 190 cm³/mol. The van der Waals surface area contributed by atoms with Gasteiger partial charge in [-0.1, -0.05) is 140 Å². The van der Waals surface area contributed by atoms with E-state index in [1.54, 1.807) is 36.4 Å². The first-order valence-electron chi connectivity index (χ1n) is 15.2. The molecule has 46 heavy (non-hydrogen) atoms. The van der Waals surface area contributed by atoms with Crippen LogP contribution in [0.2, 0.25) is 0 Å². The topological polar surface area (TPSA) is 0 Å². The Morgan fingerprint density at radius 1 is 0.457 bits per heavy atom. The van der Waals surface area contributed by atoms with Crippen molar-refractivity contribution in [3.63, 3.8) is 0 Å². The number of rotatable bonds is 9. The summed E-state index contributed by atoms with van der Waals surface area (Å²) in [5.41, 5.74) is 5.02. The molecule has 6 rings (SSSR count). The van der Waals surface area contributed by atoms with E-state index in [0.29, 0.717) is 0 Å². The molecule has 0 heterocycles. The van der Waals surface area contributed by atoms with Crippen LogP contribution in [-0.2, 0) is 0 Å². The van der Waals surface area contributed by atoms with Crippen molar-refractivity contribution in [2.24, 2.45) is 5.92 Å². The molecule has 1 unspecified atom stereocenters. The van der Waals surface area contributed by atoms with Crippen molar-refractivity contribution in [2.75, 3.05) is 0 Å². The molecule has 0 radical (unpaired) electrons. The fourth-order valence-electron chi connectivity index (χ4n) is 5.19.